The van der Waals surface area contributed by atoms with Gasteiger partial charge in [0, 0.05) is 5.56 Å². The molecule has 1 fully saturated rings. The second-order valence-electron chi connectivity index (χ2n) is 6.41. The zero-order valence-corrected chi connectivity index (χ0v) is 15.8. The van der Waals surface area contributed by atoms with Gasteiger partial charge in [0.2, 0.25) is 0 Å². The third kappa shape index (κ3) is 3.83. The molecule has 1 amide bonds. The Labute approximate surface area is 165 Å². The number of rotatable bonds is 6. The maximum absolute atomic E-state index is 14.4. The van der Waals surface area contributed by atoms with E-state index < -0.39 is 34.4 Å². The van der Waals surface area contributed by atoms with Gasteiger partial charge in [-0.05, 0) is 55.3 Å². The molecule has 1 aliphatic heterocycles. The van der Waals surface area contributed by atoms with Crippen LogP contribution in [0.5, 0.6) is 5.75 Å². The summed E-state index contributed by atoms with van der Waals surface area (Å²) in [5.41, 5.74) is 9.21. The molecule has 6 nitrogen and oxygen atoms in total. The van der Waals surface area contributed by atoms with E-state index in [4.69, 9.17) is 5.73 Å². The fourth-order valence-electron chi connectivity index (χ4n) is 3.29. The van der Waals surface area contributed by atoms with Crippen molar-refractivity contribution in [1.29, 1.82) is 0 Å². The molecule has 0 bridgehead atoms. The zero-order chi connectivity index (χ0) is 20.3. The SMILES string of the molecule is NCCCC1(c2cccc(O)c2)SC(c2cc(F)ccc2F)NN1C(=O)CO. The van der Waals surface area contributed by atoms with E-state index in [0.29, 0.717) is 24.9 Å². The molecule has 0 aliphatic carbocycles. The Morgan fingerprint density at radius 3 is 2.75 bits per heavy atom. The van der Waals surface area contributed by atoms with E-state index in [1.807, 2.05) is 0 Å². The van der Waals surface area contributed by atoms with Gasteiger partial charge in [0.05, 0.1) is 0 Å². The van der Waals surface area contributed by atoms with Crippen LogP contribution in [0.1, 0.15) is 29.3 Å². The minimum absolute atomic E-state index is 0.00186. The number of benzene rings is 2. The normalized spacial score (nSPS) is 21.9. The highest BCUT2D eigenvalue weighted by atomic mass is 32.2. The summed E-state index contributed by atoms with van der Waals surface area (Å²) in [6.45, 7) is -0.420. The second-order valence-corrected chi connectivity index (χ2v) is 7.79. The van der Waals surface area contributed by atoms with Crippen LogP contribution in [0.15, 0.2) is 42.5 Å². The Bertz CT molecular complexity index is 870. The average Bonchev–Trinajstić information content (AvgIpc) is 3.08. The smallest absolute Gasteiger partial charge is 0.264 e. The van der Waals surface area contributed by atoms with Crippen LogP contribution in [-0.2, 0) is 9.67 Å². The highest BCUT2D eigenvalue weighted by Gasteiger charge is 2.50. The summed E-state index contributed by atoms with van der Waals surface area (Å²) in [6.07, 6.45) is 0.904. The van der Waals surface area contributed by atoms with Crippen molar-refractivity contribution in [2.75, 3.05) is 13.2 Å². The first-order chi connectivity index (χ1) is 13.4. The number of amides is 1. The van der Waals surface area contributed by atoms with Crippen LogP contribution >= 0.6 is 11.8 Å². The summed E-state index contributed by atoms with van der Waals surface area (Å²) in [4.78, 5) is 11.5. The lowest BCUT2D eigenvalue weighted by Crippen LogP contribution is -2.50. The molecule has 1 aliphatic rings. The number of aromatic hydroxyl groups is 1. The molecule has 150 valence electrons. The van der Waals surface area contributed by atoms with E-state index >= 15 is 0 Å². The van der Waals surface area contributed by atoms with Crippen LogP contribution in [0.25, 0.3) is 0 Å². The number of halogens is 2. The van der Waals surface area contributed by atoms with Crippen LogP contribution in [0.3, 0.4) is 0 Å². The molecule has 2 atom stereocenters. The number of hydrogen-bond donors (Lipinski definition) is 4. The monoisotopic (exact) mass is 409 g/mol. The third-order valence-corrected chi connectivity index (χ3v) is 6.17. The quantitative estimate of drug-likeness (QED) is 0.585. The number of carbonyl (C=O) groups is 1. The first-order valence-corrected chi connectivity index (χ1v) is 9.61. The van der Waals surface area contributed by atoms with E-state index in [1.165, 1.54) is 28.9 Å². The number of thioether (sulfide) groups is 1. The summed E-state index contributed by atoms with van der Waals surface area (Å²) in [5, 5.41) is 19.9. The lowest BCUT2D eigenvalue weighted by molar-refractivity contribution is -0.141. The molecular weight excluding hydrogens is 388 g/mol. The predicted molar refractivity (Wildman–Crippen MR) is 102 cm³/mol. The number of phenols is 1. The molecule has 28 heavy (non-hydrogen) atoms. The van der Waals surface area contributed by atoms with E-state index in [0.717, 1.165) is 18.2 Å². The minimum Gasteiger partial charge on any atom is -0.508 e. The second kappa shape index (κ2) is 8.44. The van der Waals surface area contributed by atoms with Crippen molar-refractivity contribution in [2.24, 2.45) is 5.73 Å². The van der Waals surface area contributed by atoms with Gasteiger partial charge in [-0.15, -0.1) is 11.8 Å². The summed E-state index contributed by atoms with van der Waals surface area (Å²) >= 11 is 1.20. The van der Waals surface area contributed by atoms with Crippen molar-refractivity contribution < 1.29 is 23.8 Å². The lowest BCUT2D eigenvalue weighted by atomic mass is 9.99. The van der Waals surface area contributed by atoms with Crippen LogP contribution in [0.4, 0.5) is 8.78 Å². The molecule has 1 heterocycles. The van der Waals surface area contributed by atoms with Gasteiger partial charge in [-0.25, -0.2) is 14.2 Å². The Hall–Kier alpha value is -2.20. The largest absolute Gasteiger partial charge is 0.508 e. The predicted octanol–water partition coefficient (Wildman–Crippen LogP) is 2.33. The van der Waals surface area contributed by atoms with E-state index in [9.17, 15) is 23.8 Å². The molecule has 2 aromatic rings. The Balaban J connectivity index is 2.11. The van der Waals surface area contributed by atoms with Crippen molar-refractivity contribution >= 4 is 17.7 Å². The molecule has 0 radical (unpaired) electrons. The molecule has 2 aromatic carbocycles. The Morgan fingerprint density at radius 1 is 1.29 bits per heavy atom. The summed E-state index contributed by atoms with van der Waals surface area (Å²) in [7, 11) is 0. The molecule has 0 spiro atoms. The molecule has 0 aromatic heterocycles. The van der Waals surface area contributed by atoms with Crippen LogP contribution in [0, 0.1) is 11.6 Å². The number of carbonyl (C=O) groups excluding carboxylic acids is 1. The van der Waals surface area contributed by atoms with Crippen molar-refractivity contribution in [3.63, 3.8) is 0 Å². The van der Waals surface area contributed by atoms with E-state index in [-0.39, 0.29) is 11.3 Å². The molecule has 0 saturated carbocycles. The number of hydrazine groups is 1. The van der Waals surface area contributed by atoms with Crippen molar-refractivity contribution in [3.05, 3.63) is 65.2 Å². The van der Waals surface area contributed by atoms with E-state index in [1.54, 1.807) is 12.1 Å². The molecular formula is C19H21F2N3O3S. The zero-order valence-electron chi connectivity index (χ0n) is 14.9. The molecule has 5 N–H and O–H groups in total. The number of nitrogens with two attached hydrogens (primary N) is 1. The van der Waals surface area contributed by atoms with Gasteiger partial charge in [-0.3, -0.25) is 9.80 Å². The third-order valence-electron chi connectivity index (χ3n) is 4.56. The van der Waals surface area contributed by atoms with Crippen molar-refractivity contribution in [1.82, 2.24) is 10.4 Å². The van der Waals surface area contributed by atoms with Gasteiger partial charge in [0.15, 0.2) is 0 Å². The average molecular weight is 409 g/mol. The number of aliphatic hydroxyl groups is 1. The fourth-order valence-corrected chi connectivity index (χ4v) is 4.93. The van der Waals surface area contributed by atoms with Crippen LogP contribution in [-0.4, -0.2) is 34.3 Å². The molecule has 9 heteroatoms. The molecule has 3 rings (SSSR count). The Morgan fingerprint density at radius 2 is 2.07 bits per heavy atom. The number of hydrogen-bond acceptors (Lipinski definition) is 6. The van der Waals surface area contributed by atoms with Crippen molar-refractivity contribution in [2.45, 2.75) is 23.1 Å². The van der Waals surface area contributed by atoms with Gasteiger partial charge < -0.3 is 15.9 Å². The highest BCUT2D eigenvalue weighted by molar-refractivity contribution is 8.00. The summed E-state index contributed by atoms with van der Waals surface area (Å²) < 4.78 is 28.1. The topological polar surface area (TPSA) is 98.8 Å². The van der Waals surface area contributed by atoms with Gasteiger partial charge in [0.25, 0.3) is 5.91 Å². The van der Waals surface area contributed by atoms with Gasteiger partial charge in [-0.1, -0.05) is 12.1 Å². The molecule has 1 saturated heterocycles. The standard InChI is InChI=1S/C19H21F2N3O3S/c20-13-5-6-16(21)15(10-13)18-23-24(17(27)11-25)19(28-18,7-2-8-22)12-3-1-4-14(26)9-12/h1,3-6,9-10,18,23,25-26H,2,7-8,11,22H2. The first-order valence-electron chi connectivity index (χ1n) is 8.73. The summed E-state index contributed by atoms with van der Waals surface area (Å²) in [6, 6.07) is 9.48. The number of nitrogens with zero attached hydrogens (tertiary/aromatic N) is 1. The fraction of sp³-hybridized carbons (Fsp3) is 0.316. The molecule has 2 unspecified atom stereocenters. The van der Waals surface area contributed by atoms with Crippen molar-refractivity contribution in [3.8, 4) is 5.75 Å². The highest BCUT2D eigenvalue weighted by Crippen LogP contribution is 2.54. The van der Waals surface area contributed by atoms with E-state index in [2.05, 4.69) is 5.43 Å². The number of aliphatic hydroxyl groups excluding tert-OH is 1. The van der Waals surface area contributed by atoms with Crippen LogP contribution < -0.4 is 11.2 Å². The van der Waals surface area contributed by atoms with Crippen LogP contribution in [0.2, 0.25) is 0 Å². The maximum Gasteiger partial charge on any atom is 0.264 e. The number of nitrogens with one attached hydrogen (secondary N) is 1. The minimum atomic E-state index is -1.07. The Kier molecular flexibility index (Phi) is 6.19. The van der Waals surface area contributed by atoms with Gasteiger partial charge in [0.1, 0.15) is 34.2 Å². The summed E-state index contributed by atoms with van der Waals surface area (Å²) in [5.74, 6) is -1.85. The van der Waals surface area contributed by atoms with Gasteiger partial charge in [-0.2, -0.15) is 0 Å². The maximum atomic E-state index is 14.4. The lowest BCUT2D eigenvalue weighted by Gasteiger charge is -2.36. The van der Waals surface area contributed by atoms with Gasteiger partial charge >= 0.3 is 0 Å². The number of phenolic OH excluding ortho intramolecular Hbond substituents is 1. The first kappa shape index (κ1) is 20.5.